The molecule has 0 saturated heterocycles. The highest BCUT2D eigenvalue weighted by Crippen LogP contribution is 2.24. The number of nitrogens with zero attached hydrogens (tertiary/aromatic N) is 2. The lowest BCUT2D eigenvalue weighted by molar-refractivity contribution is 1.30. The summed E-state index contributed by atoms with van der Waals surface area (Å²) in [6.45, 7) is 0. The third-order valence-electron chi connectivity index (χ3n) is 2.95. The maximum Gasteiger partial charge on any atom is 0.101 e. The number of nitriles is 1. The molecule has 0 spiro atoms. The van der Waals surface area contributed by atoms with Crippen LogP contribution in [0, 0.1) is 11.3 Å². The van der Waals surface area contributed by atoms with E-state index < -0.39 is 0 Å². The molecule has 84 valence electrons. The van der Waals surface area contributed by atoms with E-state index in [1.165, 1.54) is 10.8 Å². The minimum atomic E-state index is 0.584. The lowest BCUT2D eigenvalue weighted by Crippen LogP contribution is -1.83. The Morgan fingerprint density at radius 2 is 1.67 bits per heavy atom. The van der Waals surface area contributed by atoms with E-state index in [0.29, 0.717) is 5.56 Å². The molecule has 1 heterocycles. The minimum Gasteiger partial charge on any atom is -0.263 e. The van der Waals surface area contributed by atoms with Crippen molar-refractivity contribution in [1.82, 2.24) is 4.98 Å². The van der Waals surface area contributed by atoms with E-state index >= 15 is 0 Å². The highest BCUT2D eigenvalue weighted by molar-refractivity contribution is 5.87. The molecule has 0 atom stereocenters. The van der Waals surface area contributed by atoms with Gasteiger partial charge in [-0.15, -0.1) is 0 Å². The van der Waals surface area contributed by atoms with Gasteiger partial charge in [-0.3, -0.25) is 4.98 Å². The summed E-state index contributed by atoms with van der Waals surface area (Å²) in [4.78, 5) is 4.09. The van der Waals surface area contributed by atoms with Crippen molar-refractivity contribution < 1.29 is 0 Å². The van der Waals surface area contributed by atoms with Gasteiger partial charge in [0.15, 0.2) is 0 Å². The first-order valence-corrected chi connectivity index (χ1v) is 5.71. The monoisotopic (exact) mass is 230 g/mol. The van der Waals surface area contributed by atoms with Gasteiger partial charge >= 0.3 is 0 Å². The van der Waals surface area contributed by atoms with Crippen LogP contribution in [0.1, 0.15) is 5.56 Å². The summed E-state index contributed by atoms with van der Waals surface area (Å²) in [6, 6.07) is 18.5. The zero-order chi connectivity index (χ0) is 12.4. The summed E-state index contributed by atoms with van der Waals surface area (Å²) in [7, 11) is 0. The van der Waals surface area contributed by atoms with Gasteiger partial charge in [-0.1, -0.05) is 36.4 Å². The van der Waals surface area contributed by atoms with Crippen molar-refractivity contribution in [2.75, 3.05) is 0 Å². The predicted octanol–water partition coefficient (Wildman–Crippen LogP) is 3.77. The molecule has 2 nitrogen and oxygen atoms in total. The second-order valence-electron chi connectivity index (χ2n) is 4.14. The molecule has 0 aliphatic rings. The van der Waals surface area contributed by atoms with Gasteiger partial charge < -0.3 is 0 Å². The SMILES string of the molecule is N#Cc1cncc(-c2ccc3ccccc3c2)c1. The van der Waals surface area contributed by atoms with E-state index in [-0.39, 0.29) is 0 Å². The second-order valence-corrected chi connectivity index (χ2v) is 4.14. The van der Waals surface area contributed by atoms with Crippen molar-refractivity contribution in [3.8, 4) is 17.2 Å². The number of hydrogen-bond donors (Lipinski definition) is 0. The normalized spacial score (nSPS) is 10.2. The van der Waals surface area contributed by atoms with E-state index in [0.717, 1.165) is 11.1 Å². The number of benzene rings is 2. The molecular formula is C16H10N2. The molecule has 3 aromatic rings. The van der Waals surface area contributed by atoms with E-state index in [9.17, 15) is 0 Å². The van der Waals surface area contributed by atoms with Crippen LogP contribution in [0.5, 0.6) is 0 Å². The van der Waals surface area contributed by atoms with Crippen molar-refractivity contribution in [1.29, 1.82) is 5.26 Å². The third kappa shape index (κ3) is 1.83. The maximum absolute atomic E-state index is 8.89. The molecule has 1 aromatic heterocycles. The van der Waals surface area contributed by atoms with Crippen LogP contribution in [0.4, 0.5) is 0 Å². The summed E-state index contributed by atoms with van der Waals surface area (Å²) >= 11 is 0. The summed E-state index contributed by atoms with van der Waals surface area (Å²) < 4.78 is 0. The third-order valence-corrected chi connectivity index (χ3v) is 2.95. The van der Waals surface area contributed by atoms with Crippen LogP contribution in [-0.4, -0.2) is 4.98 Å². The van der Waals surface area contributed by atoms with Crippen molar-refractivity contribution in [2.45, 2.75) is 0 Å². The Labute approximate surface area is 105 Å². The van der Waals surface area contributed by atoms with E-state index in [1.807, 2.05) is 18.2 Å². The number of rotatable bonds is 1. The number of aromatic nitrogens is 1. The molecule has 0 radical (unpaired) electrons. The zero-order valence-corrected chi connectivity index (χ0v) is 9.67. The molecule has 0 bridgehead atoms. The van der Waals surface area contributed by atoms with Gasteiger partial charge in [-0.25, -0.2) is 0 Å². The Kier molecular flexibility index (Phi) is 2.51. The highest BCUT2D eigenvalue weighted by Gasteiger charge is 2.01. The van der Waals surface area contributed by atoms with Gasteiger partial charge in [-0.05, 0) is 28.5 Å². The first-order chi connectivity index (χ1) is 8.86. The van der Waals surface area contributed by atoms with Crippen molar-refractivity contribution in [3.05, 3.63) is 66.5 Å². The van der Waals surface area contributed by atoms with Gasteiger partial charge in [-0.2, -0.15) is 5.26 Å². The largest absolute Gasteiger partial charge is 0.263 e. The zero-order valence-electron chi connectivity index (χ0n) is 9.67. The van der Waals surface area contributed by atoms with Gasteiger partial charge in [0.2, 0.25) is 0 Å². The standard InChI is InChI=1S/C16H10N2/c17-9-12-7-16(11-18-10-12)15-6-5-13-3-1-2-4-14(13)8-15/h1-8,10-11H. The fraction of sp³-hybridized carbons (Fsp3) is 0. The molecule has 0 aliphatic heterocycles. The molecule has 2 heteroatoms. The average Bonchev–Trinajstić information content (AvgIpc) is 2.47. The van der Waals surface area contributed by atoms with Gasteiger partial charge in [0, 0.05) is 18.0 Å². The summed E-state index contributed by atoms with van der Waals surface area (Å²) in [5.74, 6) is 0. The fourth-order valence-electron chi connectivity index (χ4n) is 2.03. The maximum atomic E-state index is 8.89. The van der Waals surface area contributed by atoms with Gasteiger partial charge in [0.05, 0.1) is 5.56 Å². The molecular weight excluding hydrogens is 220 g/mol. The van der Waals surface area contributed by atoms with Crippen LogP contribution in [0.3, 0.4) is 0 Å². The number of hydrogen-bond acceptors (Lipinski definition) is 2. The Balaban J connectivity index is 2.16. The lowest BCUT2D eigenvalue weighted by Gasteiger charge is -2.04. The lowest BCUT2D eigenvalue weighted by atomic mass is 10.0. The Morgan fingerprint density at radius 3 is 2.50 bits per heavy atom. The number of pyridine rings is 1. The molecule has 0 fully saturated rings. The summed E-state index contributed by atoms with van der Waals surface area (Å²) in [5.41, 5.74) is 2.64. The van der Waals surface area contributed by atoms with Gasteiger partial charge in [0.1, 0.15) is 6.07 Å². The highest BCUT2D eigenvalue weighted by atomic mass is 14.6. The van der Waals surface area contributed by atoms with Crippen LogP contribution >= 0.6 is 0 Å². The summed E-state index contributed by atoms with van der Waals surface area (Å²) in [6.07, 6.45) is 3.36. The Hall–Kier alpha value is -2.66. The molecule has 2 aromatic carbocycles. The molecule has 3 rings (SSSR count). The van der Waals surface area contributed by atoms with Crippen molar-refractivity contribution in [3.63, 3.8) is 0 Å². The Bertz CT molecular complexity index is 754. The van der Waals surface area contributed by atoms with Crippen LogP contribution in [0.2, 0.25) is 0 Å². The topological polar surface area (TPSA) is 36.7 Å². The average molecular weight is 230 g/mol. The van der Waals surface area contributed by atoms with E-state index in [2.05, 4.69) is 41.4 Å². The first kappa shape index (κ1) is 10.5. The van der Waals surface area contributed by atoms with Crippen LogP contribution in [-0.2, 0) is 0 Å². The second kappa shape index (κ2) is 4.31. The van der Waals surface area contributed by atoms with E-state index in [1.54, 1.807) is 12.4 Å². The molecule has 18 heavy (non-hydrogen) atoms. The van der Waals surface area contributed by atoms with Crippen LogP contribution in [0.25, 0.3) is 21.9 Å². The van der Waals surface area contributed by atoms with Crippen molar-refractivity contribution in [2.24, 2.45) is 0 Å². The van der Waals surface area contributed by atoms with Crippen LogP contribution in [0.15, 0.2) is 60.9 Å². The fourth-order valence-corrected chi connectivity index (χ4v) is 2.03. The van der Waals surface area contributed by atoms with E-state index in [4.69, 9.17) is 5.26 Å². The molecule has 0 unspecified atom stereocenters. The van der Waals surface area contributed by atoms with Crippen LogP contribution < -0.4 is 0 Å². The quantitative estimate of drug-likeness (QED) is 0.638. The summed E-state index contributed by atoms with van der Waals surface area (Å²) in [5, 5.41) is 11.3. The molecule has 0 aliphatic carbocycles. The Morgan fingerprint density at radius 1 is 0.833 bits per heavy atom. The van der Waals surface area contributed by atoms with Crippen molar-refractivity contribution >= 4 is 10.8 Å². The molecule has 0 saturated carbocycles. The van der Waals surface area contributed by atoms with Gasteiger partial charge in [0.25, 0.3) is 0 Å². The number of fused-ring (bicyclic) bond motifs is 1. The molecule has 0 amide bonds. The minimum absolute atomic E-state index is 0.584. The predicted molar refractivity (Wildman–Crippen MR) is 71.9 cm³/mol. The molecule has 0 N–H and O–H groups in total. The smallest absolute Gasteiger partial charge is 0.101 e. The first-order valence-electron chi connectivity index (χ1n) is 5.71.